The fraction of sp³-hybridized carbons (Fsp3) is 0. The minimum atomic E-state index is -0.443. The van der Waals surface area contributed by atoms with Crippen LogP contribution in [-0.2, 0) is 0 Å². The van der Waals surface area contributed by atoms with E-state index in [1.54, 1.807) is 23.7 Å². The van der Waals surface area contributed by atoms with E-state index in [-0.39, 0.29) is 0 Å². The molecule has 1 aromatic heterocycles. The van der Waals surface area contributed by atoms with Crippen LogP contribution in [0.25, 0.3) is 11.3 Å². The first kappa shape index (κ1) is 9.37. The zero-order valence-corrected chi connectivity index (χ0v) is 8.68. The molecule has 0 amide bonds. The smallest absolute Gasteiger partial charge is 0.252 e. The number of hydrogen-bond donors (Lipinski definition) is 0. The van der Waals surface area contributed by atoms with E-state index in [0.29, 0.717) is 5.56 Å². The first-order chi connectivity index (χ1) is 6.77. The van der Waals surface area contributed by atoms with Crippen molar-refractivity contribution in [2.45, 2.75) is 0 Å². The highest BCUT2D eigenvalue weighted by Gasteiger charge is 2.04. The van der Waals surface area contributed by atoms with E-state index in [0.717, 1.165) is 11.3 Å². The molecule has 1 heterocycles. The van der Waals surface area contributed by atoms with Gasteiger partial charge in [-0.2, -0.15) is 0 Å². The summed E-state index contributed by atoms with van der Waals surface area (Å²) < 4.78 is 0. The number of carbonyl (C=O) groups excluding carboxylic acids is 1. The minimum absolute atomic E-state index is 0.443. The van der Waals surface area contributed by atoms with Crippen molar-refractivity contribution in [1.82, 2.24) is 4.98 Å². The van der Waals surface area contributed by atoms with E-state index in [4.69, 9.17) is 11.6 Å². The summed E-state index contributed by atoms with van der Waals surface area (Å²) in [6.07, 6.45) is 0. The van der Waals surface area contributed by atoms with Gasteiger partial charge in [-0.05, 0) is 17.7 Å². The molecule has 0 aliphatic carbocycles. The van der Waals surface area contributed by atoms with Crippen LogP contribution in [0.3, 0.4) is 0 Å². The molecular weight excluding hydrogens is 218 g/mol. The molecule has 2 nitrogen and oxygen atoms in total. The van der Waals surface area contributed by atoms with Gasteiger partial charge >= 0.3 is 0 Å². The molecule has 2 rings (SSSR count). The Balaban J connectivity index is 2.46. The van der Waals surface area contributed by atoms with Crippen LogP contribution in [0, 0.1) is 0 Å². The maximum atomic E-state index is 10.9. The summed E-state index contributed by atoms with van der Waals surface area (Å²) in [6.45, 7) is 0. The summed E-state index contributed by atoms with van der Waals surface area (Å²) in [6, 6.07) is 7.12. The largest absolute Gasteiger partial charge is 0.276 e. The second kappa shape index (κ2) is 3.90. The Labute approximate surface area is 90.2 Å². The van der Waals surface area contributed by atoms with Crippen LogP contribution in [-0.4, -0.2) is 10.2 Å². The van der Waals surface area contributed by atoms with Crippen molar-refractivity contribution in [3.8, 4) is 11.3 Å². The van der Waals surface area contributed by atoms with Gasteiger partial charge in [0.2, 0.25) is 0 Å². The Morgan fingerprint density at radius 3 is 2.93 bits per heavy atom. The third-order valence-corrected chi connectivity index (χ3v) is 2.62. The van der Waals surface area contributed by atoms with Gasteiger partial charge in [0.1, 0.15) is 0 Å². The lowest BCUT2D eigenvalue weighted by Gasteiger charge is -1.98. The molecule has 0 saturated heterocycles. The minimum Gasteiger partial charge on any atom is -0.276 e. The zero-order chi connectivity index (χ0) is 9.97. The molecular formula is C10H6ClNOS. The first-order valence-electron chi connectivity index (χ1n) is 3.96. The van der Waals surface area contributed by atoms with Crippen molar-refractivity contribution in [3.63, 3.8) is 0 Å². The predicted molar refractivity (Wildman–Crippen MR) is 57.7 cm³/mol. The molecule has 0 N–H and O–H groups in total. The van der Waals surface area contributed by atoms with E-state index in [1.807, 2.05) is 11.4 Å². The molecule has 70 valence electrons. The Kier molecular flexibility index (Phi) is 2.61. The Morgan fingerprint density at radius 1 is 1.43 bits per heavy atom. The fourth-order valence-electron chi connectivity index (χ4n) is 1.16. The van der Waals surface area contributed by atoms with Crippen LogP contribution in [0.15, 0.2) is 35.2 Å². The average Bonchev–Trinajstić information content (AvgIpc) is 2.71. The Bertz CT molecular complexity index is 453. The van der Waals surface area contributed by atoms with Crippen molar-refractivity contribution in [2.75, 3.05) is 0 Å². The topological polar surface area (TPSA) is 30.0 Å². The van der Waals surface area contributed by atoms with Crippen LogP contribution >= 0.6 is 22.9 Å². The molecule has 0 atom stereocenters. The lowest BCUT2D eigenvalue weighted by Crippen LogP contribution is -1.88. The summed E-state index contributed by atoms with van der Waals surface area (Å²) in [5.74, 6) is 0. The van der Waals surface area contributed by atoms with E-state index in [2.05, 4.69) is 4.98 Å². The second-order valence-electron chi connectivity index (χ2n) is 2.73. The molecule has 0 unspecified atom stereocenters. The normalized spacial score (nSPS) is 10.1. The van der Waals surface area contributed by atoms with Crippen molar-refractivity contribution >= 4 is 28.2 Å². The number of rotatable bonds is 2. The second-order valence-corrected chi connectivity index (χ2v) is 3.79. The number of benzene rings is 1. The van der Waals surface area contributed by atoms with Crippen LogP contribution < -0.4 is 0 Å². The maximum absolute atomic E-state index is 10.9. The lowest BCUT2D eigenvalue weighted by atomic mass is 10.1. The molecule has 0 fully saturated rings. The van der Waals surface area contributed by atoms with Gasteiger partial charge in [0.15, 0.2) is 0 Å². The molecule has 14 heavy (non-hydrogen) atoms. The highest BCUT2D eigenvalue weighted by Crippen LogP contribution is 2.20. The third-order valence-electron chi connectivity index (χ3n) is 1.82. The van der Waals surface area contributed by atoms with E-state index in [9.17, 15) is 4.79 Å². The molecule has 0 bridgehead atoms. The summed E-state index contributed by atoms with van der Waals surface area (Å²) in [5.41, 5.74) is 4.04. The van der Waals surface area contributed by atoms with E-state index in [1.165, 1.54) is 11.3 Å². The molecule has 4 heteroatoms. The van der Waals surface area contributed by atoms with Crippen LogP contribution in [0.2, 0.25) is 0 Å². The third kappa shape index (κ3) is 1.84. The van der Waals surface area contributed by atoms with Crippen molar-refractivity contribution in [3.05, 3.63) is 40.7 Å². The van der Waals surface area contributed by atoms with Crippen molar-refractivity contribution in [2.24, 2.45) is 0 Å². The van der Waals surface area contributed by atoms with Gasteiger partial charge in [0, 0.05) is 16.5 Å². The fourth-order valence-corrected chi connectivity index (χ4v) is 1.83. The lowest BCUT2D eigenvalue weighted by molar-refractivity contribution is 0.108. The molecule has 0 radical (unpaired) electrons. The quantitative estimate of drug-likeness (QED) is 0.732. The Hall–Kier alpha value is -1.19. The van der Waals surface area contributed by atoms with Gasteiger partial charge in [0.05, 0.1) is 11.2 Å². The zero-order valence-electron chi connectivity index (χ0n) is 7.11. The molecule has 0 aliphatic heterocycles. The monoisotopic (exact) mass is 223 g/mol. The van der Waals surface area contributed by atoms with Crippen LogP contribution in [0.1, 0.15) is 10.4 Å². The number of thiazole rings is 1. The predicted octanol–water partition coefficient (Wildman–Crippen LogP) is 3.19. The molecule has 2 aromatic rings. The van der Waals surface area contributed by atoms with Gasteiger partial charge in [-0.25, -0.2) is 4.98 Å². The summed E-state index contributed by atoms with van der Waals surface area (Å²) in [4.78, 5) is 15.1. The van der Waals surface area contributed by atoms with E-state index < -0.39 is 5.24 Å². The van der Waals surface area contributed by atoms with Gasteiger partial charge < -0.3 is 0 Å². The number of carbonyl (C=O) groups is 1. The van der Waals surface area contributed by atoms with Gasteiger partial charge in [-0.1, -0.05) is 18.2 Å². The molecule has 0 aliphatic rings. The highest BCUT2D eigenvalue weighted by atomic mass is 35.5. The highest BCUT2D eigenvalue weighted by molar-refractivity contribution is 7.07. The van der Waals surface area contributed by atoms with Crippen LogP contribution in [0.5, 0.6) is 0 Å². The van der Waals surface area contributed by atoms with E-state index >= 15 is 0 Å². The van der Waals surface area contributed by atoms with Gasteiger partial charge in [-0.15, -0.1) is 11.3 Å². The number of hydrogen-bond acceptors (Lipinski definition) is 3. The summed E-state index contributed by atoms with van der Waals surface area (Å²) in [5, 5.41) is 1.49. The van der Waals surface area contributed by atoms with Crippen molar-refractivity contribution in [1.29, 1.82) is 0 Å². The maximum Gasteiger partial charge on any atom is 0.252 e. The molecule has 0 spiro atoms. The van der Waals surface area contributed by atoms with Gasteiger partial charge in [-0.3, -0.25) is 4.79 Å². The number of halogens is 1. The summed E-state index contributed by atoms with van der Waals surface area (Å²) in [7, 11) is 0. The molecule has 0 saturated carbocycles. The SMILES string of the molecule is O=C(Cl)c1cccc(-c2cscn2)c1. The number of aromatic nitrogens is 1. The summed E-state index contributed by atoms with van der Waals surface area (Å²) >= 11 is 6.90. The van der Waals surface area contributed by atoms with Gasteiger partial charge in [0.25, 0.3) is 5.24 Å². The molecule has 1 aromatic carbocycles. The number of nitrogens with zero attached hydrogens (tertiary/aromatic N) is 1. The average molecular weight is 224 g/mol. The first-order valence-corrected chi connectivity index (χ1v) is 5.28. The van der Waals surface area contributed by atoms with Crippen molar-refractivity contribution < 1.29 is 4.79 Å². The standard InChI is InChI=1S/C10H6ClNOS/c11-10(13)8-3-1-2-7(4-8)9-5-14-6-12-9/h1-6H. The van der Waals surface area contributed by atoms with Crippen LogP contribution in [0.4, 0.5) is 0 Å². The Morgan fingerprint density at radius 2 is 2.29 bits per heavy atom.